The van der Waals surface area contributed by atoms with Crippen molar-refractivity contribution in [2.75, 3.05) is 26.9 Å². The summed E-state index contributed by atoms with van der Waals surface area (Å²) in [5.74, 6) is 0.112. The second kappa shape index (κ2) is 14.0. The summed E-state index contributed by atoms with van der Waals surface area (Å²) in [5, 5.41) is 9.29. The lowest BCUT2D eigenvalue weighted by atomic mass is 9.95. The molecule has 3 amide bonds. The summed E-state index contributed by atoms with van der Waals surface area (Å²) in [5.41, 5.74) is 4.29. The predicted octanol–water partition coefficient (Wildman–Crippen LogP) is 3.74. The Morgan fingerprint density at radius 3 is 2.64 bits per heavy atom. The molecule has 0 unspecified atom stereocenters. The van der Waals surface area contributed by atoms with Gasteiger partial charge in [-0.3, -0.25) is 4.79 Å². The van der Waals surface area contributed by atoms with Crippen LogP contribution in [0.3, 0.4) is 0 Å². The number of halogens is 1. The Bertz CT molecular complexity index is 1310. The van der Waals surface area contributed by atoms with Gasteiger partial charge in [-0.1, -0.05) is 34.7 Å². The minimum absolute atomic E-state index is 0.186. The van der Waals surface area contributed by atoms with Crippen LogP contribution in [0, 0.1) is 0 Å². The van der Waals surface area contributed by atoms with Crippen LogP contribution in [-0.4, -0.2) is 51.1 Å². The van der Waals surface area contributed by atoms with Crippen molar-refractivity contribution in [1.82, 2.24) is 16.1 Å². The molecule has 2 aromatic rings. The number of rotatable bonds is 12. The monoisotopic (exact) mass is 600 g/mol. The van der Waals surface area contributed by atoms with E-state index in [1.807, 2.05) is 6.07 Å². The Kier molecular flexibility index (Phi) is 10.5. The van der Waals surface area contributed by atoms with Crippen molar-refractivity contribution in [2.24, 2.45) is 5.10 Å². The first-order valence-electron chi connectivity index (χ1n) is 11.9. The molecule has 39 heavy (non-hydrogen) atoms. The van der Waals surface area contributed by atoms with Gasteiger partial charge >= 0.3 is 12.0 Å². The lowest BCUT2D eigenvalue weighted by Gasteiger charge is -2.28. The fraction of sp³-hybridized carbons (Fsp3) is 0.259. The first-order chi connectivity index (χ1) is 18.8. The second-order valence-electron chi connectivity index (χ2n) is 8.06. The van der Waals surface area contributed by atoms with Crippen LogP contribution in [0.4, 0.5) is 4.79 Å². The minimum atomic E-state index is -0.767. The number of allylic oxidation sites excluding steroid dienone is 1. The molecule has 1 atom stereocenters. The van der Waals surface area contributed by atoms with E-state index in [0.717, 1.165) is 4.47 Å². The molecule has 3 N–H and O–H groups in total. The van der Waals surface area contributed by atoms with E-state index in [1.165, 1.54) is 13.3 Å². The van der Waals surface area contributed by atoms with E-state index in [1.54, 1.807) is 50.3 Å². The zero-order valence-corrected chi connectivity index (χ0v) is 23.3. The number of benzene rings is 2. The second-order valence-corrected chi connectivity index (χ2v) is 8.98. The van der Waals surface area contributed by atoms with Gasteiger partial charge in [-0.15, -0.1) is 0 Å². The number of ether oxygens (including phenoxy) is 4. The standard InChI is InChI=1S/C27H29BrN4O7/c1-5-11-38-20-10-8-19(28)12-18(20)14-29-32-23(33)15-39-21-9-7-17(13-22(21)36-4)25-24(26(34)37-6-2)16(3)30-27(35)31-25/h5,7-10,12-14,25H,1,6,11,15H2,2-4H3,(H,32,33)(H2,30,31,35)/b29-14+/t25-/m0/s1. The molecule has 0 saturated carbocycles. The van der Waals surface area contributed by atoms with Crippen molar-refractivity contribution in [3.8, 4) is 17.2 Å². The molecule has 0 spiro atoms. The average molecular weight is 601 g/mol. The summed E-state index contributed by atoms with van der Waals surface area (Å²) < 4.78 is 22.6. The van der Waals surface area contributed by atoms with E-state index in [-0.39, 0.29) is 24.5 Å². The van der Waals surface area contributed by atoms with Crippen LogP contribution in [-0.2, 0) is 14.3 Å². The molecule has 1 heterocycles. The Morgan fingerprint density at radius 2 is 1.92 bits per heavy atom. The highest BCUT2D eigenvalue weighted by Gasteiger charge is 2.32. The normalized spacial score (nSPS) is 14.8. The summed E-state index contributed by atoms with van der Waals surface area (Å²) in [6.45, 7) is 7.12. The average Bonchev–Trinajstić information content (AvgIpc) is 2.91. The van der Waals surface area contributed by atoms with Crippen LogP contribution in [0.5, 0.6) is 17.2 Å². The smallest absolute Gasteiger partial charge is 0.338 e. The number of hydrogen-bond donors (Lipinski definition) is 3. The highest BCUT2D eigenvalue weighted by Crippen LogP contribution is 2.34. The number of carbonyl (C=O) groups excluding carboxylic acids is 3. The number of methoxy groups -OCH3 is 1. The van der Waals surface area contributed by atoms with Gasteiger partial charge in [-0.05, 0) is 49.7 Å². The lowest BCUT2D eigenvalue weighted by Crippen LogP contribution is -2.45. The van der Waals surface area contributed by atoms with Crippen molar-refractivity contribution < 1.29 is 33.3 Å². The zero-order chi connectivity index (χ0) is 28.4. The fourth-order valence-corrected chi connectivity index (χ4v) is 4.03. The number of nitrogens with one attached hydrogen (secondary N) is 3. The highest BCUT2D eigenvalue weighted by atomic mass is 79.9. The maximum Gasteiger partial charge on any atom is 0.338 e. The van der Waals surface area contributed by atoms with E-state index in [2.05, 4.69) is 43.7 Å². The number of urea groups is 1. The number of amides is 3. The highest BCUT2D eigenvalue weighted by molar-refractivity contribution is 9.10. The number of carbonyl (C=O) groups is 3. The predicted molar refractivity (Wildman–Crippen MR) is 148 cm³/mol. The molecular weight excluding hydrogens is 572 g/mol. The molecule has 1 aliphatic heterocycles. The van der Waals surface area contributed by atoms with E-state index in [0.29, 0.717) is 34.9 Å². The van der Waals surface area contributed by atoms with E-state index in [4.69, 9.17) is 18.9 Å². The first-order valence-corrected chi connectivity index (χ1v) is 12.7. The summed E-state index contributed by atoms with van der Waals surface area (Å²) in [6, 6.07) is 9.04. The number of hydrogen-bond acceptors (Lipinski definition) is 8. The van der Waals surface area contributed by atoms with E-state index in [9.17, 15) is 14.4 Å². The van der Waals surface area contributed by atoms with Gasteiger partial charge in [0, 0.05) is 15.7 Å². The van der Waals surface area contributed by atoms with Crippen LogP contribution < -0.4 is 30.3 Å². The van der Waals surface area contributed by atoms with Crippen molar-refractivity contribution in [2.45, 2.75) is 19.9 Å². The molecule has 206 valence electrons. The van der Waals surface area contributed by atoms with Gasteiger partial charge in [-0.2, -0.15) is 5.10 Å². The molecule has 11 nitrogen and oxygen atoms in total. The Morgan fingerprint density at radius 1 is 1.15 bits per heavy atom. The molecule has 0 aliphatic carbocycles. The quantitative estimate of drug-likeness (QED) is 0.146. The molecule has 0 saturated heterocycles. The minimum Gasteiger partial charge on any atom is -0.493 e. The fourth-order valence-electron chi connectivity index (χ4n) is 3.66. The van der Waals surface area contributed by atoms with Gasteiger partial charge in [0.05, 0.1) is 31.5 Å². The molecule has 0 radical (unpaired) electrons. The molecule has 3 rings (SSSR count). The van der Waals surface area contributed by atoms with Crippen LogP contribution in [0.25, 0.3) is 0 Å². The van der Waals surface area contributed by atoms with Gasteiger partial charge < -0.3 is 29.6 Å². The van der Waals surface area contributed by atoms with Gasteiger partial charge in [0.2, 0.25) is 0 Å². The molecule has 0 fully saturated rings. The van der Waals surface area contributed by atoms with Gasteiger partial charge in [0.15, 0.2) is 18.1 Å². The van der Waals surface area contributed by atoms with Crippen molar-refractivity contribution in [3.05, 3.63) is 75.9 Å². The van der Waals surface area contributed by atoms with Crippen LogP contribution in [0.15, 0.2) is 69.9 Å². The van der Waals surface area contributed by atoms with Gasteiger partial charge in [0.1, 0.15) is 12.4 Å². The molecule has 1 aliphatic rings. The third-order valence-corrected chi connectivity index (χ3v) is 5.86. The third kappa shape index (κ3) is 7.84. The van der Waals surface area contributed by atoms with Crippen LogP contribution >= 0.6 is 15.9 Å². The molecular formula is C27H29BrN4O7. The lowest BCUT2D eigenvalue weighted by molar-refractivity contribution is -0.139. The molecule has 0 bridgehead atoms. The molecule has 0 aromatic heterocycles. The zero-order valence-electron chi connectivity index (χ0n) is 21.7. The first kappa shape index (κ1) is 29.2. The summed E-state index contributed by atoms with van der Waals surface area (Å²) in [7, 11) is 1.44. The van der Waals surface area contributed by atoms with Gasteiger partial charge in [-0.25, -0.2) is 15.0 Å². The number of esters is 1. The molecule has 12 heteroatoms. The largest absolute Gasteiger partial charge is 0.493 e. The van der Waals surface area contributed by atoms with Crippen molar-refractivity contribution >= 4 is 40.1 Å². The van der Waals surface area contributed by atoms with E-state index < -0.39 is 23.9 Å². The van der Waals surface area contributed by atoms with Crippen molar-refractivity contribution in [3.63, 3.8) is 0 Å². The van der Waals surface area contributed by atoms with E-state index >= 15 is 0 Å². The summed E-state index contributed by atoms with van der Waals surface area (Å²) >= 11 is 3.40. The topological polar surface area (TPSA) is 137 Å². The Labute approximate surface area is 234 Å². The Balaban J connectivity index is 1.68. The van der Waals surface area contributed by atoms with Gasteiger partial charge in [0.25, 0.3) is 5.91 Å². The molecule has 2 aromatic carbocycles. The number of nitrogens with zero attached hydrogens (tertiary/aromatic N) is 1. The number of hydrazone groups is 1. The summed E-state index contributed by atoms with van der Waals surface area (Å²) in [4.78, 5) is 37.0. The third-order valence-electron chi connectivity index (χ3n) is 5.37. The van der Waals surface area contributed by atoms with Crippen molar-refractivity contribution in [1.29, 1.82) is 0 Å². The summed E-state index contributed by atoms with van der Waals surface area (Å²) in [6.07, 6.45) is 3.09. The SMILES string of the molecule is C=CCOc1ccc(Br)cc1/C=N/NC(=O)COc1ccc([C@@H]2NC(=O)NC(C)=C2C(=O)OCC)cc1OC. The van der Waals surface area contributed by atoms with Crippen LogP contribution in [0.2, 0.25) is 0 Å². The maximum absolute atomic E-state index is 12.6. The Hall–Kier alpha value is -4.32. The maximum atomic E-state index is 12.6. The van der Waals surface area contributed by atoms with Crippen LogP contribution in [0.1, 0.15) is 31.0 Å².